The van der Waals surface area contributed by atoms with Crippen molar-refractivity contribution in [1.29, 1.82) is 0 Å². The van der Waals surface area contributed by atoms with Crippen LogP contribution < -0.4 is 10.1 Å². The molecule has 0 unspecified atom stereocenters. The summed E-state index contributed by atoms with van der Waals surface area (Å²) in [5, 5.41) is 2.93. The first-order chi connectivity index (χ1) is 12.2. The summed E-state index contributed by atoms with van der Waals surface area (Å²) in [5.74, 6) is 2.46. The van der Waals surface area contributed by atoms with Gasteiger partial charge < -0.3 is 14.6 Å². The first-order valence-electron chi connectivity index (χ1n) is 8.65. The van der Waals surface area contributed by atoms with E-state index < -0.39 is 0 Å². The Kier molecular flexibility index (Phi) is 4.14. The third kappa shape index (κ3) is 3.50. The number of fused-ring (bicyclic) bond motifs is 1. The molecule has 1 amide bonds. The monoisotopic (exact) mass is 335 g/mol. The fraction of sp³-hybridized carbons (Fsp3) is 0.300. The average molecular weight is 335 g/mol. The fourth-order valence-electron chi connectivity index (χ4n) is 3.00. The van der Waals surface area contributed by atoms with Crippen molar-refractivity contribution in [2.24, 2.45) is 7.05 Å². The van der Waals surface area contributed by atoms with Gasteiger partial charge in [-0.2, -0.15) is 0 Å². The van der Waals surface area contributed by atoms with Gasteiger partial charge >= 0.3 is 0 Å². The Morgan fingerprint density at radius 3 is 2.80 bits per heavy atom. The summed E-state index contributed by atoms with van der Waals surface area (Å²) in [5.41, 5.74) is 2.81. The number of hydrogen-bond donors (Lipinski definition) is 1. The van der Waals surface area contributed by atoms with Crippen molar-refractivity contribution in [1.82, 2.24) is 9.55 Å². The summed E-state index contributed by atoms with van der Waals surface area (Å²) in [6, 6.07) is 15.4. The second kappa shape index (κ2) is 6.59. The van der Waals surface area contributed by atoms with Crippen LogP contribution in [0.5, 0.6) is 5.75 Å². The van der Waals surface area contributed by atoms with Crippen LogP contribution in [0.1, 0.15) is 31.0 Å². The molecule has 1 aliphatic rings. The molecule has 1 heterocycles. The van der Waals surface area contributed by atoms with Crippen LogP contribution >= 0.6 is 0 Å². The van der Waals surface area contributed by atoms with E-state index in [9.17, 15) is 4.79 Å². The number of amides is 1. The van der Waals surface area contributed by atoms with Gasteiger partial charge in [0.2, 0.25) is 5.91 Å². The van der Waals surface area contributed by atoms with E-state index in [-0.39, 0.29) is 5.91 Å². The number of rotatable bonds is 6. The smallest absolute Gasteiger partial charge is 0.227 e. The number of aromatic nitrogens is 2. The maximum atomic E-state index is 12.1. The molecule has 3 aromatic rings. The first kappa shape index (κ1) is 15.7. The fourth-order valence-corrected chi connectivity index (χ4v) is 3.00. The topological polar surface area (TPSA) is 56.2 Å². The summed E-state index contributed by atoms with van der Waals surface area (Å²) < 4.78 is 7.72. The Hall–Kier alpha value is -2.82. The minimum absolute atomic E-state index is 0.0615. The summed E-state index contributed by atoms with van der Waals surface area (Å²) in [6.45, 7) is 0.355. The summed E-state index contributed by atoms with van der Waals surface area (Å²) in [7, 11) is 2.06. The number of ether oxygens (including phenoxy) is 1. The molecule has 25 heavy (non-hydrogen) atoms. The lowest BCUT2D eigenvalue weighted by Gasteiger charge is -2.07. The largest absolute Gasteiger partial charge is 0.493 e. The van der Waals surface area contributed by atoms with Gasteiger partial charge in [0, 0.05) is 18.7 Å². The maximum Gasteiger partial charge on any atom is 0.227 e. The Balaban J connectivity index is 1.37. The molecular weight excluding hydrogens is 314 g/mol. The molecule has 1 N–H and O–H groups in total. The third-order valence-corrected chi connectivity index (χ3v) is 4.48. The second-order valence-electron chi connectivity index (χ2n) is 6.47. The van der Waals surface area contributed by atoms with Gasteiger partial charge in [-0.3, -0.25) is 4.79 Å². The maximum absolute atomic E-state index is 12.1. The standard InChI is InChI=1S/C20H21N3O2/c1-23-18-10-9-15(13-17(18)22-20(23)14-7-8-14)21-19(24)11-12-25-16-5-3-2-4-6-16/h2-6,9-10,13-14H,7-8,11-12H2,1H3,(H,21,24). The van der Waals surface area contributed by atoms with Crippen LogP contribution in [0.2, 0.25) is 0 Å². The van der Waals surface area contributed by atoms with Crippen molar-refractivity contribution < 1.29 is 9.53 Å². The SMILES string of the molecule is Cn1c(C2CC2)nc2cc(NC(=O)CCOc3ccccc3)ccc21. The van der Waals surface area contributed by atoms with Crippen molar-refractivity contribution >= 4 is 22.6 Å². The molecule has 1 saturated carbocycles. The van der Waals surface area contributed by atoms with Crippen LogP contribution in [0, 0.1) is 0 Å². The van der Waals surface area contributed by atoms with Crippen molar-refractivity contribution in [3.8, 4) is 5.75 Å². The lowest BCUT2D eigenvalue weighted by molar-refractivity contribution is -0.116. The van der Waals surface area contributed by atoms with E-state index in [2.05, 4.69) is 16.9 Å². The number of imidazole rings is 1. The van der Waals surface area contributed by atoms with Gasteiger partial charge in [0.15, 0.2) is 0 Å². The molecule has 2 aromatic carbocycles. The molecule has 1 aliphatic carbocycles. The first-order valence-corrected chi connectivity index (χ1v) is 8.65. The highest BCUT2D eigenvalue weighted by Gasteiger charge is 2.28. The van der Waals surface area contributed by atoms with Crippen LogP contribution in [-0.2, 0) is 11.8 Å². The predicted octanol–water partition coefficient (Wildman–Crippen LogP) is 3.86. The zero-order valence-electron chi connectivity index (χ0n) is 14.2. The number of nitrogens with zero attached hydrogens (tertiary/aromatic N) is 2. The van der Waals surface area contributed by atoms with Crippen LogP contribution in [0.3, 0.4) is 0 Å². The van der Waals surface area contributed by atoms with Crippen molar-refractivity contribution in [2.45, 2.75) is 25.2 Å². The quantitative estimate of drug-likeness (QED) is 0.744. The molecule has 0 saturated heterocycles. The average Bonchev–Trinajstić information content (AvgIpc) is 3.40. The molecule has 0 radical (unpaired) electrons. The van der Waals surface area contributed by atoms with E-state index in [0.29, 0.717) is 18.9 Å². The molecule has 128 valence electrons. The van der Waals surface area contributed by atoms with Gasteiger partial charge in [0.25, 0.3) is 0 Å². The van der Waals surface area contributed by atoms with Crippen LogP contribution in [0.4, 0.5) is 5.69 Å². The lowest BCUT2D eigenvalue weighted by atomic mass is 10.2. The van der Waals surface area contributed by atoms with E-state index in [4.69, 9.17) is 9.72 Å². The highest BCUT2D eigenvalue weighted by atomic mass is 16.5. The molecule has 1 aromatic heterocycles. The van der Waals surface area contributed by atoms with Crippen LogP contribution in [0.25, 0.3) is 11.0 Å². The van der Waals surface area contributed by atoms with E-state index in [0.717, 1.165) is 28.3 Å². The number of para-hydroxylation sites is 1. The molecule has 0 atom stereocenters. The van der Waals surface area contributed by atoms with Gasteiger partial charge in [0.1, 0.15) is 11.6 Å². The van der Waals surface area contributed by atoms with E-state index >= 15 is 0 Å². The second-order valence-corrected chi connectivity index (χ2v) is 6.47. The molecular formula is C20H21N3O2. The number of aryl methyl sites for hydroxylation is 1. The van der Waals surface area contributed by atoms with Gasteiger partial charge in [-0.15, -0.1) is 0 Å². The van der Waals surface area contributed by atoms with Gasteiger partial charge in [-0.25, -0.2) is 4.98 Å². The Morgan fingerprint density at radius 2 is 2.04 bits per heavy atom. The summed E-state index contributed by atoms with van der Waals surface area (Å²) in [4.78, 5) is 16.8. The van der Waals surface area contributed by atoms with Gasteiger partial charge in [-0.1, -0.05) is 18.2 Å². The predicted molar refractivity (Wildman–Crippen MR) is 97.9 cm³/mol. The highest BCUT2D eigenvalue weighted by molar-refractivity contribution is 5.93. The number of nitrogens with one attached hydrogen (secondary N) is 1. The number of hydrogen-bond acceptors (Lipinski definition) is 3. The zero-order chi connectivity index (χ0) is 17.2. The molecule has 0 bridgehead atoms. The minimum atomic E-state index is -0.0615. The molecule has 0 aliphatic heterocycles. The number of benzene rings is 2. The normalized spacial score (nSPS) is 13.8. The Bertz CT molecular complexity index is 898. The zero-order valence-corrected chi connectivity index (χ0v) is 14.2. The van der Waals surface area contributed by atoms with E-state index in [1.165, 1.54) is 12.8 Å². The van der Waals surface area contributed by atoms with Crippen molar-refractivity contribution in [2.75, 3.05) is 11.9 Å². The van der Waals surface area contributed by atoms with Gasteiger partial charge in [-0.05, 0) is 43.2 Å². The Labute approximate surface area is 146 Å². The van der Waals surface area contributed by atoms with E-state index in [1.807, 2.05) is 48.5 Å². The van der Waals surface area contributed by atoms with Gasteiger partial charge in [0.05, 0.1) is 24.1 Å². The number of carbonyl (C=O) groups excluding carboxylic acids is 1. The van der Waals surface area contributed by atoms with Crippen molar-refractivity contribution in [3.05, 3.63) is 54.4 Å². The summed E-state index contributed by atoms with van der Waals surface area (Å²) >= 11 is 0. The molecule has 4 rings (SSSR count). The molecule has 0 spiro atoms. The minimum Gasteiger partial charge on any atom is -0.493 e. The molecule has 5 heteroatoms. The number of carbonyl (C=O) groups is 1. The molecule has 5 nitrogen and oxygen atoms in total. The van der Waals surface area contributed by atoms with Crippen LogP contribution in [0.15, 0.2) is 48.5 Å². The highest BCUT2D eigenvalue weighted by Crippen LogP contribution is 2.40. The number of anilines is 1. The lowest BCUT2D eigenvalue weighted by Crippen LogP contribution is -2.15. The van der Waals surface area contributed by atoms with Crippen molar-refractivity contribution in [3.63, 3.8) is 0 Å². The van der Waals surface area contributed by atoms with Crippen LogP contribution in [-0.4, -0.2) is 22.1 Å². The third-order valence-electron chi connectivity index (χ3n) is 4.48. The van der Waals surface area contributed by atoms with E-state index in [1.54, 1.807) is 0 Å². The molecule has 1 fully saturated rings. The Morgan fingerprint density at radius 1 is 1.24 bits per heavy atom. The summed E-state index contributed by atoms with van der Waals surface area (Å²) in [6.07, 6.45) is 2.76.